The quantitative estimate of drug-likeness (QED) is 0.761. The Morgan fingerprint density at radius 2 is 1.68 bits per heavy atom. The molecule has 2 atom stereocenters. The van der Waals surface area contributed by atoms with Crippen molar-refractivity contribution in [1.29, 1.82) is 0 Å². The van der Waals surface area contributed by atoms with Crippen LogP contribution in [0.25, 0.3) is 0 Å². The number of hydrogen-bond acceptors (Lipinski definition) is 2. The fourth-order valence-electron chi connectivity index (χ4n) is 2.49. The lowest BCUT2D eigenvalue weighted by Crippen LogP contribution is -2.34. The summed E-state index contributed by atoms with van der Waals surface area (Å²) in [6.45, 7) is 3.79. The number of ketones is 1. The zero-order valence-electron chi connectivity index (χ0n) is 10.5. The number of Topliss-reactive ketones (excluding diaryl/α,β-unsaturated/α-hetero) is 1. The maximum absolute atomic E-state index is 12.7. The molecule has 0 fully saturated rings. The molecule has 0 bridgehead atoms. The van der Waals surface area contributed by atoms with Crippen molar-refractivity contribution in [3.05, 3.63) is 78.4 Å². The van der Waals surface area contributed by atoms with Crippen molar-refractivity contribution >= 4 is 5.78 Å². The number of benzene rings is 2. The first-order valence-electron chi connectivity index (χ1n) is 6.28. The number of fused-ring (bicyclic) bond motifs is 1. The standard InChI is InChI=1S/C17H14O2/c1-2-14-16(12-8-4-3-5-9-12)17(18)13-10-6-7-11-15(13)19-14/h2-11,14,16H,1H2/t14-,16+/m0/s1. The van der Waals surface area contributed by atoms with E-state index >= 15 is 0 Å². The topological polar surface area (TPSA) is 26.3 Å². The van der Waals surface area contributed by atoms with E-state index in [-0.39, 0.29) is 17.8 Å². The highest BCUT2D eigenvalue weighted by Gasteiger charge is 2.36. The summed E-state index contributed by atoms with van der Waals surface area (Å²) in [5, 5.41) is 0. The largest absolute Gasteiger partial charge is 0.484 e. The molecular formula is C17H14O2. The molecule has 0 unspecified atom stereocenters. The molecule has 2 aromatic carbocycles. The summed E-state index contributed by atoms with van der Waals surface area (Å²) >= 11 is 0. The zero-order valence-corrected chi connectivity index (χ0v) is 10.5. The molecule has 94 valence electrons. The van der Waals surface area contributed by atoms with Crippen LogP contribution >= 0.6 is 0 Å². The number of carbonyl (C=O) groups excluding carboxylic acids is 1. The van der Waals surface area contributed by atoms with Gasteiger partial charge in [0, 0.05) is 0 Å². The molecule has 0 spiro atoms. The zero-order chi connectivity index (χ0) is 13.2. The highest BCUT2D eigenvalue weighted by molar-refractivity contribution is 6.04. The van der Waals surface area contributed by atoms with E-state index in [1.165, 1.54) is 0 Å². The minimum absolute atomic E-state index is 0.0953. The van der Waals surface area contributed by atoms with Gasteiger partial charge in [0.1, 0.15) is 11.9 Å². The van der Waals surface area contributed by atoms with Gasteiger partial charge in [-0.15, -0.1) is 0 Å². The first-order chi connectivity index (χ1) is 9.31. The molecule has 0 saturated heterocycles. The fourth-order valence-corrected chi connectivity index (χ4v) is 2.49. The van der Waals surface area contributed by atoms with Crippen LogP contribution in [-0.4, -0.2) is 11.9 Å². The van der Waals surface area contributed by atoms with Crippen molar-refractivity contribution in [1.82, 2.24) is 0 Å². The van der Waals surface area contributed by atoms with Crippen LogP contribution in [0.15, 0.2) is 67.3 Å². The third kappa shape index (κ3) is 1.95. The van der Waals surface area contributed by atoms with Crippen LogP contribution in [0, 0.1) is 0 Å². The Kier molecular flexibility index (Phi) is 2.92. The molecule has 0 N–H and O–H groups in total. The minimum atomic E-state index is -0.315. The molecule has 1 aliphatic rings. The third-order valence-electron chi connectivity index (χ3n) is 3.42. The van der Waals surface area contributed by atoms with Gasteiger partial charge in [-0.1, -0.05) is 55.1 Å². The second-order valence-corrected chi connectivity index (χ2v) is 4.57. The molecule has 0 aliphatic carbocycles. The van der Waals surface area contributed by atoms with Crippen molar-refractivity contribution < 1.29 is 9.53 Å². The molecule has 0 saturated carbocycles. The minimum Gasteiger partial charge on any atom is -0.484 e. The van der Waals surface area contributed by atoms with Gasteiger partial charge in [0.2, 0.25) is 0 Å². The van der Waals surface area contributed by atoms with E-state index < -0.39 is 0 Å². The van der Waals surface area contributed by atoms with E-state index in [2.05, 4.69) is 6.58 Å². The van der Waals surface area contributed by atoms with E-state index in [9.17, 15) is 4.79 Å². The second kappa shape index (κ2) is 4.73. The summed E-state index contributed by atoms with van der Waals surface area (Å²) in [4.78, 5) is 12.7. The van der Waals surface area contributed by atoms with Crippen LogP contribution in [0.3, 0.4) is 0 Å². The Balaban J connectivity index is 2.10. The van der Waals surface area contributed by atoms with Gasteiger partial charge in [0.25, 0.3) is 0 Å². The third-order valence-corrected chi connectivity index (χ3v) is 3.42. The van der Waals surface area contributed by atoms with Crippen molar-refractivity contribution in [2.75, 3.05) is 0 Å². The van der Waals surface area contributed by atoms with Crippen LogP contribution < -0.4 is 4.74 Å². The average molecular weight is 250 g/mol. The lowest BCUT2D eigenvalue weighted by molar-refractivity contribution is 0.0842. The molecule has 19 heavy (non-hydrogen) atoms. The fraction of sp³-hybridized carbons (Fsp3) is 0.118. The van der Waals surface area contributed by atoms with Gasteiger partial charge in [-0.25, -0.2) is 0 Å². The number of rotatable bonds is 2. The van der Waals surface area contributed by atoms with Crippen molar-refractivity contribution in [2.45, 2.75) is 12.0 Å². The molecule has 1 aliphatic heterocycles. The SMILES string of the molecule is C=C[C@@H]1Oc2ccccc2C(=O)[C@@H]1c1ccccc1. The van der Waals surface area contributed by atoms with Crippen molar-refractivity contribution in [2.24, 2.45) is 0 Å². The lowest BCUT2D eigenvalue weighted by Gasteiger charge is -2.30. The van der Waals surface area contributed by atoms with Crippen LogP contribution in [0.2, 0.25) is 0 Å². The number of hydrogen-bond donors (Lipinski definition) is 0. The van der Waals surface area contributed by atoms with Crippen LogP contribution in [0.5, 0.6) is 5.75 Å². The molecule has 2 heteroatoms. The maximum Gasteiger partial charge on any atom is 0.178 e. The molecule has 0 amide bonds. The highest BCUT2D eigenvalue weighted by atomic mass is 16.5. The molecular weight excluding hydrogens is 236 g/mol. The van der Waals surface area contributed by atoms with E-state index in [0.29, 0.717) is 11.3 Å². The van der Waals surface area contributed by atoms with Gasteiger partial charge in [-0.2, -0.15) is 0 Å². The first-order valence-corrected chi connectivity index (χ1v) is 6.28. The Morgan fingerprint density at radius 3 is 2.42 bits per heavy atom. The van der Waals surface area contributed by atoms with Crippen molar-refractivity contribution in [3.8, 4) is 5.75 Å². The van der Waals surface area contributed by atoms with Gasteiger partial charge in [-0.3, -0.25) is 4.79 Å². The van der Waals surface area contributed by atoms with Gasteiger partial charge < -0.3 is 4.74 Å². The Hall–Kier alpha value is -2.35. The van der Waals surface area contributed by atoms with Crippen LogP contribution in [0.1, 0.15) is 21.8 Å². The maximum atomic E-state index is 12.7. The monoisotopic (exact) mass is 250 g/mol. The molecule has 2 aromatic rings. The molecule has 0 radical (unpaired) electrons. The Morgan fingerprint density at radius 1 is 1.00 bits per heavy atom. The molecule has 2 nitrogen and oxygen atoms in total. The molecule has 3 rings (SSSR count). The average Bonchev–Trinajstić information content (AvgIpc) is 2.48. The lowest BCUT2D eigenvalue weighted by atomic mass is 9.84. The normalized spacial score (nSPS) is 21.4. The highest BCUT2D eigenvalue weighted by Crippen LogP contribution is 2.36. The summed E-state index contributed by atoms with van der Waals surface area (Å²) in [6.07, 6.45) is 1.38. The van der Waals surface area contributed by atoms with E-state index in [1.54, 1.807) is 6.08 Å². The number of ether oxygens (including phenoxy) is 1. The van der Waals surface area contributed by atoms with Crippen LogP contribution in [0.4, 0.5) is 0 Å². The van der Waals surface area contributed by atoms with Crippen molar-refractivity contribution in [3.63, 3.8) is 0 Å². The second-order valence-electron chi connectivity index (χ2n) is 4.57. The summed E-state index contributed by atoms with van der Waals surface area (Å²) < 4.78 is 5.88. The number of para-hydroxylation sites is 1. The van der Waals surface area contributed by atoms with Crippen LogP contribution in [-0.2, 0) is 0 Å². The Bertz CT molecular complexity index is 616. The smallest absolute Gasteiger partial charge is 0.178 e. The predicted octanol–water partition coefficient (Wildman–Crippen LogP) is 3.60. The number of carbonyl (C=O) groups is 1. The van der Waals surface area contributed by atoms with Gasteiger partial charge in [0.15, 0.2) is 5.78 Å². The summed E-state index contributed by atoms with van der Waals surface area (Å²) in [5.74, 6) is 0.427. The summed E-state index contributed by atoms with van der Waals surface area (Å²) in [7, 11) is 0. The van der Waals surface area contributed by atoms with E-state index in [4.69, 9.17) is 4.74 Å². The summed E-state index contributed by atoms with van der Waals surface area (Å²) in [5.41, 5.74) is 1.61. The first kappa shape index (κ1) is 11.7. The summed E-state index contributed by atoms with van der Waals surface area (Å²) in [6, 6.07) is 17.1. The molecule has 1 heterocycles. The Labute approximate surface area is 112 Å². The van der Waals surface area contributed by atoms with Gasteiger partial charge >= 0.3 is 0 Å². The van der Waals surface area contributed by atoms with E-state index in [1.807, 2.05) is 54.6 Å². The predicted molar refractivity (Wildman–Crippen MR) is 74.6 cm³/mol. The van der Waals surface area contributed by atoms with E-state index in [0.717, 1.165) is 5.56 Å². The molecule has 0 aromatic heterocycles. The van der Waals surface area contributed by atoms with Gasteiger partial charge in [0.05, 0.1) is 11.5 Å². The van der Waals surface area contributed by atoms with Gasteiger partial charge in [-0.05, 0) is 17.7 Å².